The van der Waals surface area contributed by atoms with Crippen LogP contribution in [0.5, 0.6) is 5.75 Å². The van der Waals surface area contributed by atoms with E-state index in [4.69, 9.17) is 9.26 Å². The van der Waals surface area contributed by atoms with Crippen molar-refractivity contribution in [1.82, 2.24) is 9.72 Å². The normalized spacial score (nSPS) is 12.5. The van der Waals surface area contributed by atoms with Gasteiger partial charge in [0.25, 0.3) is 0 Å². The zero-order valence-corrected chi connectivity index (χ0v) is 17.6. The summed E-state index contributed by atoms with van der Waals surface area (Å²) in [6.07, 6.45) is 0. The highest BCUT2D eigenvalue weighted by atomic mass is 16.5. The Bertz CT molecular complexity index is 1340. The van der Waals surface area contributed by atoms with Gasteiger partial charge in [-0.15, -0.1) is 0 Å². The summed E-state index contributed by atoms with van der Waals surface area (Å²) in [4.78, 5) is 0. The molecule has 0 amide bonds. The lowest BCUT2D eigenvalue weighted by Crippen LogP contribution is -2.06. The van der Waals surface area contributed by atoms with Crippen molar-refractivity contribution in [2.75, 3.05) is 7.11 Å². The molecule has 0 radical (unpaired) electrons. The third-order valence-electron chi connectivity index (χ3n) is 6.00. The maximum absolute atomic E-state index is 5.51. The van der Waals surface area contributed by atoms with Gasteiger partial charge in [-0.2, -0.15) is 0 Å². The first kappa shape index (κ1) is 18.5. The van der Waals surface area contributed by atoms with Crippen molar-refractivity contribution in [3.8, 4) is 16.9 Å². The zero-order chi connectivity index (χ0) is 20.8. The fourth-order valence-electron chi connectivity index (χ4n) is 4.50. The lowest BCUT2D eigenvalue weighted by atomic mass is 10.0. The number of methoxy groups -OCH3 is 1. The van der Waals surface area contributed by atoms with E-state index in [0.717, 1.165) is 28.3 Å². The van der Waals surface area contributed by atoms with Gasteiger partial charge in [-0.25, -0.2) is 0 Å². The second-order valence-corrected chi connectivity index (χ2v) is 7.77. The maximum Gasteiger partial charge on any atom is 0.141 e. The average molecular weight is 396 g/mol. The number of fused-ring (bicyclic) bond motifs is 3. The van der Waals surface area contributed by atoms with Crippen molar-refractivity contribution < 1.29 is 9.26 Å². The van der Waals surface area contributed by atoms with E-state index in [1.807, 2.05) is 19.9 Å². The van der Waals surface area contributed by atoms with Gasteiger partial charge in [0.15, 0.2) is 0 Å². The second-order valence-electron chi connectivity index (χ2n) is 7.77. The van der Waals surface area contributed by atoms with Crippen LogP contribution in [0.3, 0.4) is 0 Å². The van der Waals surface area contributed by atoms with Crippen molar-refractivity contribution in [1.29, 1.82) is 0 Å². The summed E-state index contributed by atoms with van der Waals surface area (Å²) >= 11 is 0. The van der Waals surface area contributed by atoms with E-state index in [0.29, 0.717) is 0 Å². The van der Waals surface area contributed by atoms with E-state index in [2.05, 4.69) is 77.3 Å². The van der Waals surface area contributed by atoms with E-state index in [9.17, 15) is 0 Å². The quantitative estimate of drug-likeness (QED) is 0.340. The number of aryl methyl sites for hydroxylation is 2. The predicted molar refractivity (Wildman–Crippen MR) is 121 cm³/mol. The van der Waals surface area contributed by atoms with Gasteiger partial charge in [0.05, 0.1) is 24.4 Å². The topological polar surface area (TPSA) is 40.2 Å². The van der Waals surface area contributed by atoms with E-state index >= 15 is 0 Å². The Balaban J connectivity index is 1.83. The molecule has 3 aromatic carbocycles. The molecule has 2 heterocycles. The Morgan fingerprint density at radius 3 is 2.40 bits per heavy atom. The molecule has 0 bridgehead atoms. The number of nitrogens with zero attached hydrogens (tertiary/aromatic N) is 2. The van der Waals surface area contributed by atoms with Gasteiger partial charge in [-0.1, -0.05) is 47.6 Å². The van der Waals surface area contributed by atoms with E-state index in [1.54, 1.807) is 7.11 Å². The van der Waals surface area contributed by atoms with E-state index in [1.165, 1.54) is 27.4 Å². The highest BCUT2D eigenvalue weighted by Crippen LogP contribution is 2.38. The Morgan fingerprint density at radius 1 is 0.900 bits per heavy atom. The average Bonchev–Trinajstić information content (AvgIpc) is 3.29. The second kappa shape index (κ2) is 7.06. The summed E-state index contributed by atoms with van der Waals surface area (Å²) < 4.78 is 13.4. The van der Waals surface area contributed by atoms with E-state index in [-0.39, 0.29) is 6.04 Å². The SMILES string of the molecule is COc1ccc2c(c1)c1ccc(-c3c(C)noc3C)cc1n2C(C)c1ccccc1. The largest absolute Gasteiger partial charge is 0.497 e. The molecule has 0 N–H and O–H groups in total. The smallest absolute Gasteiger partial charge is 0.141 e. The van der Waals surface area contributed by atoms with Crippen LogP contribution in [0.4, 0.5) is 0 Å². The monoisotopic (exact) mass is 396 g/mol. The van der Waals surface area contributed by atoms with Gasteiger partial charge in [0, 0.05) is 21.9 Å². The molecular weight excluding hydrogens is 372 g/mol. The Morgan fingerprint density at radius 2 is 1.70 bits per heavy atom. The van der Waals surface area contributed by atoms with Crippen LogP contribution in [0.25, 0.3) is 32.9 Å². The lowest BCUT2D eigenvalue weighted by Gasteiger charge is -2.18. The van der Waals surface area contributed by atoms with Crippen LogP contribution in [0.2, 0.25) is 0 Å². The van der Waals surface area contributed by atoms with Gasteiger partial charge in [-0.3, -0.25) is 0 Å². The van der Waals surface area contributed by atoms with Gasteiger partial charge in [0.2, 0.25) is 0 Å². The van der Waals surface area contributed by atoms with Crippen molar-refractivity contribution in [3.63, 3.8) is 0 Å². The Hall–Kier alpha value is -3.53. The molecule has 1 unspecified atom stereocenters. The molecule has 0 fully saturated rings. The lowest BCUT2D eigenvalue weighted by molar-refractivity contribution is 0.393. The molecule has 0 aliphatic heterocycles. The third kappa shape index (κ3) is 2.79. The summed E-state index contributed by atoms with van der Waals surface area (Å²) in [5.41, 5.74) is 6.75. The number of hydrogen-bond donors (Lipinski definition) is 0. The van der Waals surface area contributed by atoms with Crippen LogP contribution >= 0.6 is 0 Å². The number of aromatic nitrogens is 2. The fraction of sp³-hybridized carbons (Fsp3) is 0.192. The molecule has 0 spiro atoms. The minimum Gasteiger partial charge on any atom is -0.497 e. The molecule has 30 heavy (non-hydrogen) atoms. The first-order valence-corrected chi connectivity index (χ1v) is 10.2. The number of rotatable bonds is 4. The molecule has 0 aliphatic carbocycles. The summed E-state index contributed by atoms with van der Waals surface area (Å²) in [6, 6.07) is 23.7. The van der Waals surface area contributed by atoms with Crippen molar-refractivity contribution in [2.24, 2.45) is 0 Å². The number of ether oxygens (including phenoxy) is 1. The molecule has 1 atom stereocenters. The van der Waals surface area contributed by atoms with Crippen LogP contribution in [0.1, 0.15) is 30.0 Å². The van der Waals surface area contributed by atoms with Crippen LogP contribution in [-0.2, 0) is 0 Å². The van der Waals surface area contributed by atoms with Crippen LogP contribution in [-0.4, -0.2) is 16.8 Å². The van der Waals surface area contributed by atoms with Gasteiger partial charge in [-0.05, 0) is 56.2 Å². The number of benzene rings is 3. The highest BCUT2D eigenvalue weighted by molar-refractivity contribution is 6.09. The fourth-order valence-corrected chi connectivity index (χ4v) is 4.50. The summed E-state index contributed by atoms with van der Waals surface area (Å²) in [6.45, 7) is 6.20. The van der Waals surface area contributed by atoms with Gasteiger partial charge in [0.1, 0.15) is 11.5 Å². The van der Waals surface area contributed by atoms with Crippen LogP contribution in [0, 0.1) is 13.8 Å². The molecule has 0 saturated carbocycles. The van der Waals surface area contributed by atoms with Gasteiger partial charge < -0.3 is 13.8 Å². The molecular formula is C26H24N2O2. The molecule has 0 saturated heterocycles. The molecule has 5 aromatic rings. The molecule has 4 nitrogen and oxygen atoms in total. The van der Waals surface area contributed by atoms with Crippen LogP contribution in [0.15, 0.2) is 71.3 Å². The standard InChI is InChI=1S/C26H24N2O2/c1-16-26(18(3)30-27-16)20-10-12-22-23-15-21(29-4)11-13-24(23)28(25(22)14-20)17(2)19-8-6-5-7-9-19/h5-15,17H,1-4H3. The van der Waals surface area contributed by atoms with Crippen LogP contribution < -0.4 is 4.74 Å². The summed E-state index contributed by atoms with van der Waals surface area (Å²) in [7, 11) is 1.71. The molecule has 4 heteroatoms. The molecule has 0 aliphatic rings. The van der Waals surface area contributed by atoms with Gasteiger partial charge >= 0.3 is 0 Å². The minimum atomic E-state index is 0.180. The zero-order valence-electron chi connectivity index (χ0n) is 17.6. The first-order chi connectivity index (χ1) is 14.6. The minimum absolute atomic E-state index is 0.180. The predicted octanol–water partition coefficient (Wildman–Crippen LogP) is 6.68. The molecule has 150 valence electrons. The summed E-state index contributed by atoms with van der Waals surface area (Å²) in [5.74, 6) is 1.70. The molecule has 2 aromatic heterocycles. The third-order valence-corrected chi connectivity index (χ3v) is 6.00. The van der Waals surface area contributed by atoms with Crippen molar-refractivity contribution in [3.05, 3.63) is 83.7 Å². The molecule has 5 rings (SSSR count). The Kier molecular flexibility index (Phi) is 4.35. The van der Waals surface area contributed by atoms with Crippen molar-refractivity contribution >= 4 is 21.8 Å². The Labute approximate surface area is 175 Å². The van der Waals surface area contributed by atoms with E-state index < -0.39 is 0 Å². The number of hydrogen-bond acceptors (Lipinski definition) is 3. The maximum atomic E-state index is 5.51. The highest BCUT2D eigenvalue weighted by Gasteiger charge is 2.19. The summed E-state index contributed by atoms with van der Waals surface area (Å²) in [5, 5.41) is 6.55. The van der Waals surface area contributed by atoms with Crippen molar-refractivity contribution in [2.45, 2.75) is 26.8 Å². The first-order valence-electron chi connectivity index (χ1n) is 10.2.